The Morgan fingerprint density at radius 3 is 2.47 bits per heavy atom. The molecule has 0 saturated carbocycles. The van der Waals surface area contributed by atoms with Crippen LogP contribution in [0.1, 0.15) is 13.8 Å². The molecule has 0 spiro atoms. The Morgan fingerprint density at radius 1 is 1.20 bits per heavy atom. The molecule has 0 unspecified atom stereocenters. The van der Waals surface area contributed by atoms with E-state index in [1.54, 1.807) is 18.2 Å². The SMILES string of the molecule is CCN(CC)CCOc1ccccc1O. The smallest absolute Gasteiger partial charge is 0.160 e. The first-order chi connectivity index (χ1) is 7.27. The van der Waals surface area contributed by atoms with Crippen LogP contribution in [0.2, 0.25) is 0 Å². The molecule has 0 amide bonds. The van der Waals surface area contributed by atoms with Crippen molar-refractivity contribution in [2.45, 2.75) is 13.8 Å². The minimum atomic E-state index is 0.206. The fraction of sp³-hybridized carbons (Fsp3) is 0.500. The summed E-state index contributed by atoms with van der Waals surface area (Å²) in [6, 6.07) is 7.04. The molecule has 0 aliphatic carbocycles. The number of likely N-dealkylation sites (N-methyl/N-ethyl adjacent to an activating group) is 1. The van der Waals surface area contributed by atoms with E-state index in [0.29, 0.717) is 12.4 Å². The van der Waals surface area contributed by atoms with Gasteiger partial charge >= 0.3 is 0 Å². The molecule has 1 rings (SSSR count). The number of benzene rings is 1. The Kier molecular flexibility index (Phi) is 4.98. The minimum absolute atomic E-state index is 0.206. The summed E-state index contributed by atoms with van der Waals surface area (Å²) in [4.78, 5) is 2.28. The van der Waals surface area contributed by atoms with Gasteiger partial charge in [0.05, 0.1) is 0 Å². The minimum Gasteiger partial charge on any atom is -0.504 e. The van der Waals surface area contributed by atoms with E-state index in [0.717, 1.165) is 19.6 Å². The number of ether oxygens (including phenoxy) is 1. The standard InChI is InChI=1S/C12H19NO2/c1-3-13(4-2)9-10-15-12-8-6-5-7-11(12)14/h5-8,14H,3-4,9-10H2,1-2H3. The summed E-state index contributed by atoms with van der Waals surface area (Å²) >= 11 is 0. The lowest BCUT2D eigenvalue weighted by Crippen LogP contribution is -2.27. The highest BCUT2D eigenvalue weighted by Crippen LogP contribution is 2.23. The Hall–Kier alpha value is -1.22. The van der Waals surface area contributed by atoms with Crippen molar-refractivity contribution in [3.63, 3.8) is 0 Å². The predicted octanol–water partition coefficient (Wildman–Crippen LogP) is 2.11. The third kappa shape index (κ3) is 3.80. The molecule has 1 aromatic rings. The average molecular weight is 209 g/mol. The number of phenols is 1. The molecule has 0 radical (unpaired) electrons. The van der Waals surface area contributed by atoms with E-state index in [2.05, 4.69) is 18.7 Å². The number of para-hydroxylation sites is 2. The van der Waals surface area contributed by atoms with Gasteiger partial charge in [0.1, 0.15) is 6.61 Å². The van der Waals surface area contributed by atoms with Crippen LogP contribution in [0.3, 0.4) is 0 Å². The fourth-order valence-electron chi connectivity index (χ4n) is 1.40. The molecular formula is C12H19NO2. The summed E-state index contributed by atoms with van der Waals surface area (Å²) in [6.45, 7) is 7.81. The zero-order valence-corrected chi connectivity index (χ0v) is 9.44. The van der Waals surface area contributed by atoms with Gasteiger partial charge in [-0.2, -0.15) is 0 Å². The predicted molar refractivity (Wildman–Crippen MR) is 61.4 cm³/mol. The van der Waals surface area contributed by atoms with Crippen LogP contribution in [0, 0.1) is 0 Å². The van der Waals surface area contributed by atoms with E-state index < -0.39 is 0 Å². The van der Waals surface area contributed by atoms with Gasteiger partial charge in [-0.05, 0) is 25.2 Å². The number of rotatable bonds is 6. The average Bonchev–Trinajstić information content (AvgIpc) is 2.27. The summed E-state index contributed by atoms with van der Waals surface area (Å²) in [7, 11) is 0. The van der Waals surface area contributed by atoms with Crippen molar-refractivity contribution in [1.82, 2.24) is 4.90 Å². The van der Waals surface area contributed by atoms with Gasteiger partial charge in [-0.3, -0.25) is 0 Å². The molecule has 1 aromatic carbocycles. The highest BCUT2D eigenvalue weighted by Gasteiger charge is 2.02. The van der Waals surface area contributed by atoms with Crippen LogP contribution in [0.25, 0.3) is 0 Å². The second-order valence-electron chi connectivity index (χ2n) is 3.34. The van der Waals surface area contributed by atoms with Gasteiger partial charge in [-0.25, -0.2) is 0 Å². The molecule has 0 aliphatic heterocycles. The molecule has 0 atom stereocenters. The van der Waals surface area contributed by atoms with Crippen LogP contribution in [-0.2, 0) is 0 Å². The number of aromatic hydroxyl groups is 1. The van der Waals surface area contributed by atoms with E-state index >= 15 is 0 Å². The highest BCUT2D eigenvalue weighted by atomic mass is 16.5. The van der Waals surface area contributed by atoms with E-state index in [9.17, 15) is 5.11 Å². The van der Waals surface area contributed by atoms with Gasteiger partial charge in [-0.15, -0.1) is 0 Å². The Balaban J connectivity index is 2.34. The van der Waals surface area contributed by atoms with E-state index in [1.807, 2.05) is 6.07 Å². The van der Waals surface area contributed by atoms with Crippen LogP contribution in [0.15, 0.2) is 24.3 Å². The van der Waals surface area contributed by atoms with E-state index in [4.69, 9.17) is 4.74 Å². The second-order valence-corrected chi connectivity index (χ2v) is 3.34. The first-order valence-corrected chi connectivity index (χ1v) is 5.41. The molecule has 3 heteroatoms. The summed E-state index contributed by atoms with van der Waals surface area (Å²) in [5.74, 6) is 0.765. The zero-order chi connectivity index (χ0) is 11.1. The van der Waals surface area contributed by atoms with Gasteiger partial charge in [0.15, 0.2) is 11.5 Å². The van der Waals surface area contributed by atoms with E-state index in [-0.39, 0.29) is 5.75 Å². The molecule has 15 heavy (non-hydrogen) atoms. The zero-order valence-electron chi connectivity index (χ0n) is 9.44. The van der Waals surface area contributed by atoms with Crippen molar-refractivity contribution in [2.24, 2.45) is 0 Å². The lowest BCUT2D eigenvalue weighted by Gasteiger charge is -2.18. The Morgan fingerprint density at radius 2 is 1.87 bits per heavy atom. The van der Waals surface area contributed by atoms with E-state index in [1.165, 1.54) is 0 Å². The van der Waals surface area contributed by atoms with Gasteiger partial charge in [0.2, 0.25) is 0 Å². The molecule has 0 heterocycles. The second kappa shape index (κ2) is 6.30. The third-order valence-corrected chi connectivity index (χ3v) is 2.42. The van der Waals surface area contributed by atoms with Crippen molar-refractivity contribution >= 4 is 0 Å². The number of hydrogen-bond acceptors (Lipinski definition) is 3. The van der Waals surface area contributed by atoms with Crippen molar-refractivity contribution in [2.75, 3.05) is 26.2 Å². The monoisotopic (exact) mass is 209 g/mol. The quantitative estimate of drug-likeness (QED) is 0.779. The van der Waals surface area contributed by atoms with Gasteiger partial charge in [0.25, 0.3) is 0 Å². The summed E-state index contributed by atoms with van der Waals surface area (Å²) < 4.78 is 5.48. The summed E-state index contributed by atoms with van der Waals surface area (Å²) in [5.41, 5.74) is 0. The number of phenolic OH excluding ortho intramolecular Hbond substituents is 1. The molecular weight excluding hydrogens is 190 g/mol. The topological polar surface area (TPSA) is 32.7 Å². The molecule has 1 N–H and O–H groups in total. The normalized spacial score (nSPS) is 10.6. The first-order valence-electron chi connectivity index (χ1n) is 5.41. The first kappa shape index (κ1) is 11.9. The van der Waals surface area contributed by atoms with Crippen molar-refractivity contribution in [1.29, 1.82) is 0 Å². The lowest BCUT2D eigenvalue weighted by atomic mass is 10.3. The molecule has 0 saturated heterocycles. The maximum Gasteiger partial charge on any atom is 0.160 e. The van der Waals surface area contributed by atoms with Crippen molar-refractivity contribution in [3.8, 4) is 11.5 Å². The molecule has 0 aromatic heterocycles. The maximum atomic E-state index is 9.45. The van der Waals surface area contributed by atoms with Crippen LogP contribution < -0.4 is 4.74 Å². The third-order valence-electron chi connectivity index (χ3n) is 2.42. The number of nitrogens with zero attached hydrogens (tertiary/aromatic N) is 1. The molecule has 0 fully saturated rings. The Bertz CT molecular complexity index is 285. The van der Waals surface area contributed by atoms with Gasteiger partial charge < -0.3 is 14.7 Å². The highest BCUT2D eigenvalue weighted by molar-refractivity contribution is 5.37. The molecule has 3 nitrogen and oxygen atoms in total. The van der Waals surface area contributed by atoms with Crippen molar-refractivity contribution < 1.29 is 9.84 Å². The summed E-state index contributed by atoms with van der Waals surface area (Å²) in [6.07, 6.45) is 0. The Labute approximate surface area is 91.3 Å². The maximum absolute atomic E-state index is 9.45. The largest absolute Gasteiger partial charge is 0.504 e. The van der Waals surface area contributed by atoms with Crippen LogP contribution >= 0.6 is 0 Å². The molecule has 0 bridgehead atoms. The lowest BCUT2D eigenvalue weighted by molar-refractivity contribution is 0.218. The van der Waals surface area contributed by atoms with Crippen LogP contribution in [0.4, 0.5) is 0 Å². The molecule has 0 aliphatic rings. The number of hydrogen-bond donors (Lipinski definition) is 1. The fourth-order valence-corrected chi connectivity index (χ4v) is 1.40. The molecule has 84 valence electrons. The van der Waals surface area contributed by atoms with Crippen LogP contribution in [0.5, 0.6) is 11.5 Å². The van der Waals surface area contributed by atoms with Crippen LogP contribution in [-0.4, -0.2) is 36.2 Å². The van der Waals surface area contributed by atoms with Gasteiger partial charge in [0, 0.05) is 6.54 Å². The van der Waals surface area contributed by atoms with Gasteiger partial charge in [-0.1, -0.05) is 26.0 Å². The van der Waals surface area contributed by atoms with Crippen molar-refractivity contribution in [3.05, 3.63) is 24.3 Å². The summed E-state index contributed by atoms with van der Waals surface area (Å²) in [5, 5.41) is 9.45.